The average Bonchev–Trinajstić information content (AvgIpc) is 3.85. The summed E-state index contributed by atoms with van der Waals surface area (Å²) in [7, 11) is 0. The zero-order chi connectivity index (χ0) is 34.2. The topological polar surface area (TPSA) is 94.4 Å². The monoisotopic (exact) mass is 649 g/mol. The summed E-state index contributed by atoms with van der Waals surface area (Å²) in [6.45, 7) is 0. The summed E-state index contributed by atoms with van der Waals surface area (Å²) in [5, 5.41) is 36.2. The average molecular weight is 650 g/mol. The number of rotatable bonds is 3. The van der Waals surface area contributed by atoms with Gasteiger partial charge in [0.05, 0.1) is 67.4 Å². The van der Waals surface area contributed by atoms with Crippen LogP contribution in [-0.2, 0) is 0 Å². The number of aromatic nitrogens is 2. The van der Waals surface area contributed by atoms with Gasteiger partial charge in [-0.05, 0) is 71.8 Å². The van der Waals surface area contributed by atoms with Gasteiger partial charge in [0.25, 0.3) is 0 Å². The van der Waals surface area contributed by atoms with Crippen molar-refractivity contribution in [1.29, 1.82) is 15.8 Å². The number of hydrogen-bond donors (Lipinski definition) is 0. The van der Waals surface area contributed by atoms with E-state index in [1.54, 1.807) is 6.07 Å². The van der Waals surface area contributed by atoms with Crippen LogP contribution in [0.5, 0.6) is 0 Å². The van der Waals surface area contributed by atoms with Crippen molar-refractivity contribution in [1.82, 2.24) is 9.13 Å². The molecular weight excluding hydrogens is 627 g/mol. The molecule has 10 rings (SSSR count). The molecule has 0 bridgehead atoms. The second-order valence-corrected chi connectivity index (χ2v) is 12.7. The number of nitrogens with zero attached hydrogens (tertiary/aromatic N) is 5. The maximum Gasteiger partial charge on any atom is 0.147 e. The number of para-hydroxylation sites is 3. The van der Waals surface area contributed by atoms with Crippen molar-refractivity contribution in [3.05, 3.63) is 156 Å². The van der Waals surface area contributed by atoms with Crippen LogP contribution in [0.1, 0.15) is 16.7 Å². The first-order valence-electron chi connectivity index (χ1n) is 16.5. The third kappa shape index (κ3) is 3.95. The Balaban J connectivity index is 1.45. The number of fused-ring (bicyclic) bond motifs is 12. The second-order valence-electron chi connectivity index (χ2n) is 12.7. The summed E-state index contributed by atoms with van der Waals surface area (Å²) in [6, 6.07) is 52.8. The fourth-order valence-corrected chi connectivity index (χ4v) is 7.88. The Kier molecular flexibility index (Phi) is 5.97. The van der Waals surface area contributed by atoms with Gasteiger partial charge in [0.1, 0.15) is 17.2 Å². The van der Waals surface area contributed by atoms with E-state index in [4.69, 9.17) is 4.42 Å². The van der Waals surface area contributed by atoms with Crippen LogP contribution in [0.25, 0.3) is 88.1 Å². The minimum Gasteiger partial charge on any atom is -0.455 e. The second kappa shape index (κ2) is 10.7. The molecule has 3 aromatic heterocycles. The van der Waals surface area contributed by atoms with Crippen LogP contribution in [0.15, 0.2) is 144 Å². The van der Waals surface area contributed by atoms with Gasteiger partial charge in [-0.3, -0.25) is 0 Å². The molecule has 7 aromatic carbocycles. The third-order valence-electron chi connectivity index (χ3n) is 9.96. The van der Waals surface area contributed by atoms with Gasteiger partial charge in [-0.15, -0.1) is 0 Å². The summed E-state index contributed by atoms with van der Waals surface area (Å²) in [4.78, 5) is 0. The molecule has 0 unspecified atom stereocenters. The number of nitriles is 3. The highest BCUT2D eigenvalue weighted by atomic mass is 16.3. The first kappa shape index (κ1) is 28.4. The maximum absolute atomic E-state index is 10.7. The molecule has 0 aliphatic heterocycles. The molecule has 0 N–H and O–H groups in total. The highest BCUT2D eigenvalue weighted by molar-refractivity contribution is 6.39. The third-order valence-corrected chi connectivity index (χ3v) is 9.96. The molecule has 234 valence electrons. The molecule has 0 fully saturated rings. The van der Waals surface area contributed by atoms with Crippen LogP contribution in [-0.4, -0.2) is 9.13 Å². The predicted molar refractivity (Wildman–Crippen MR) is 202 cm³/mol. The lowest BCUT2D eigenvalue weighted by Gasteiger charge is -2.13. The van der Waals surface area contributed by atoms with E-state index in [0.29, 0.717) is 16.7 Å². The van der Waals surface area contributed by atoms with Crippen molar-refractivity contribution < 1.29 is 4.42 Å². The van der Waals surface area contributed by atoms with Gasteiger partial charge >= 0.3 is 0 Å². The minimum absolute atomic E-state index is 0.501. The normalized spacial score (nSPS) is 11.5. The van der Waals surface area contributed by atoms with Crippen LogP contribution in [0.2, 0.25) is 0 Å². The van der Waals surface area contributed by atoms with Crippen molar-refractivity contribution in [2.45, 2.75) is 0 Å². The van der Waals surface area contributed by atoms with Gasteiger partial charge in [0.2, 0.25) is 0 Å². The molecule has 0 aliphatic rings. The lowest BCUT2D eigenvalue weighted by molar-refractivity contribution is 0.673. The first-order chi connectivity index (χ1) is 25.2. The molecule has 0 radical (unpaired) electrons. The standard InChI is InChI=1S/C45H23N5O/c46-24-27-9-7-11-29(21-27)30-19-20-36(31(23-30)26-48)50-38-17-5-1-13-33(38)40-43-41(45-42(44(40)50)35-15-3-6-18-39(35)51-45)34-14-2-4-16-37(34)49(43)32-12-8-10-28(22-32)25-47/h1-23H. The summed E-state index contributed by atoms with van der Waals surface area (Å²) < 4.78 is 11.3. The lowest BCUT2D eigenvalue weighted by Crippen LogP contribution is -1.99. The Morgan fingerprint density at radius 2 is 1.08 bits per heavy atom. The van der Waals surface area contributed by atoms with Gasteiger partial charge < -0.3 is 13.6 Å². The largest absolute Gasteiger partial charge is 0.455 e. The van der Waals surface area contributed by atoms with Gasteiger partial charge in [0.15, 0.2) is 0 Å². The van der Waals surface area contributed by atoms with E-state index in [9.17, 15) is 15.8 Å². The first-order valence-corrected chi connectivity index (χ1v) is 16.5. The van der Waals surface area contributed by atoms with Crippen molar-refractivity contribution in [3.63, 3.8) is 0 Å². The highest BCUT2D eigenvalue weighted by Crippen LogP contribution is 2.49. The van der Waals surface area contributed by atoms with Gasteiger partial charge in [-0.2, -0.15) is 15.8 Å². The minimum atomic E-state index is 0.501. The molecule has 0 spiro atoms. The van der Waals surface area contributed by atoms with Gasteiger partial charge in [-0.25, -0.2) is 0 Å². The van der Waals surface area contributed by atoms with E-state index in [-0.39, 0.29) is 0 Å². The fourth-order valence-electron chi connectivity index (χ4n) is 7.88. The Morgan fingerprint density at radius 3 is 1.84 bits per heavy atom. The fraction of sp³-hybridized carbons (Fsp3) is 0. The van der Waals surface area contributed by atoms with E-state index < -0.39 is 0 Å². The maximum atomic E-state index is 10.7. The highest BCUT2D eigenvalue weighted by Gasteiger charge is 2.28. The molecular formula is C45H23N5O. The molecule has 0 saturated carbocycles. The zero-order valence-electron chi connectivity index (χ0n) is 26.9. The zero-order valence-corrected chi connectivity index (χ0v) is 26.9. The quantitative estimate of drug-likeness (QED) is 0.190. The molecule has 0 amide bonds. The van der Waals surface area contributed by atoms with Crippen LogP contribution >= 0.6 is 0 Å². The van der Waals surface area contributed by atoms with E-state index in [1.165, 1.54) is 0 Å². The van der Waals surface area contributed by atoms with Crippen LogP contribution in [0.4, 0.5) is 0 Å². The molecule has 51 heavy (non-hydrogen) atoms. The number of hydrogen-bond acceptors (Lipinski definition) is 4. The van der Waals surface area contributed by atoms with Gasteiger partial charge in [0, 0.05) is 27.2 Å². The molecule has 6 heteroatoms. The molecule has 0 aliphatic carbocycles. The SMILES string of the molecule is N#Cc1cccc(-c2ccc(-n3c4ccccc4c4c5c(c6ccccc6n5-c5cccc(C#N)c5)c5oc6ccccc6c5c43)c(C#N)c2)c1. The summed E-state index contributed by atoms with van der Waals surface area (Å²) >= 11 is 0. The number of benzene rings is 7. The predicted octanol–water partition coefficient (Wildman–Crippen LogP) is 11.1. The van der Waals surface area contributed by atoms with Gasteiger partial charge in [-0.1, -0.05) is 78.9 Å². The molecule has 6 nitrogen and oxygen atoms in total. The lowest BCUT2D eigenvalue weighted by atomic mass is 10.00. The van der Waals surface area contributed by atoms with Crippen molar-refractivity contribution in [3.8, 4) is 40.7 Å². The van der Waals surface area contributed by atoms with Crippen molar-refractivity contribution in [2.24, 2.45) is 0 Å². The summed E-state index contributed by atoms with van der Waals surface area (Å²) in [5.41, 5.74) is 10.3. The van der Waals surface area contributed by atoms with Crippen LogP contribution < -0.4 is 0 Å². The van der Waals surface area contributed by atoms with Crippen molar-refractivity contribution in [2.75, 3.05) is 0 Å². The Morgan fingerprint density at radius 1 is 0.471 bits per heavy atom. The van der Waals surface area contributed by atoms with E-state index in [2.05, 4.69) is 63.7 Å². The Labute approximate surface area is 291 Å². The number of furan rings is 1. The smallest absolute Gasteiger partial charge is 0.147 e. The Hall–Kier alpha value is -7.59. The van der Waals surface area contributed by atoms with Crippen LogP contribution in [0.3, 0.4) is 0 Å². The molecule has 0 saturated heterocycles. The van der Waals surface area contributed by atoms with Crippen molar-refractivity contribution >= 4 is 65.6 Å². The van der Waals surface area contributed by atoms with Crippen LogP contribution in [0, 0.1) is 34.0 Å². The summed E-state index contributed by atoms with van der Waals surface area (Å²) in [6.07, 6.45) is 0. The Bertz CT molecular complexity index is 3240. The van der Waals surface area contributed by atoms with E-state index >= 15 is 0 Å². The van der Waals surface area contributed by atoms with E-state index in [1.807, 2.05) is 97.1 Å². The summed E-state index contributed by atoms with van der Waals surface area (Å²) in [5.74, 6) is 0. The molecule has 0 atom stereocenters. The molecule has 10 aromatic rings. The molecule has 3 heterocycles. The van der Waals surface area contributed by atoms with E-state index in [0.717, 1.165) is 88.1 Å².